The predicted molar refractivity (Wildman–Crippen MR) is 62.2 cm³/mol. The minimum absolute atomic E-state index is 0.0694. The number of ether oxygens (including phenoxy) is 1. The molecule has 0 bridgehead atoms. The third kappa shape index (κ3) is 3.09. The number of carboxylic acid groups (broad SMARTS) is 1. The van der Waals surface area contributed by atoms with Gasteiger partial charge in [0.25, 0.3) is 0 Å². The molecule has 0 saturated carbocycles. The van der Waals surface area contributed by atoms with E-state index in [1.807, 2.05) is 25.1 Å². The van der Waals surface area contributed by atoms with Gasteiger partial charge in [-0.15, -0.1) is 0 Å². The summed E-state index contributed by atoms with van der Waals surface area (Å²) in [6, 6.07) is 5.65. The number of aryl methyl sites for hydroxylation is 1. The number of rotatable bonds is 2. The minimum atomic E-state index is -0.850. The Morgan fingerprint density at radius 3 is 2.76 bits per heavy atom. The van der Waals surface area contributed by atoms with Gasteiger partial charge in [-0.1, -0.05) is 6.07 Å². The van der Waals surface area contributed by atoms with E-state index in [-0.39, 0.29) is 6.10 Å². The van der Waals surface area contributed by atoms with Gasteiger partial charge in [-0.2, -0.15) is 0 Å². The highest BCUT2D eigenvalue weighted by molar-refractivity contribution is 5.65. The van der Waals surface area contributed by atoms with Crippen molar-refractivity contribution >= 4 is 6.09 Å². The SMILES string of the molecule is Cc1cccc(OC2CCN(C(=O)O)CC2)n1. The molecule has 0 aromatic carbocycles. The van der Waals surface area contributed by atoms with E-state index in [0.717, 1.165) is 18.5 Å². The Labute approximate surface area is 100 Å². The molecule has 1 amide bonds. The summed E-state index contributed by atoms with van der Waals surface area (Å²) < 4.78 is 5.73. The number of piperidine rings is 1. The Balaban J connectivity index is 1.88. The van der Waals surface area contributed by atoms with Crippen molar-refractivity contribution in [2.45, 2.75) is 25.9 Å². The van der Waals surface area contributed by atoms with Crippen molar-refractivity contribution in [3.8, 4) is 5.88 Å². The van der Waals surface area contributed by atoms with Gasteiger partial charge in [0.2, 0.25) is 5.88 Å². The van der Waals surface area contributed by atoms with Gasteiger partial charge in [0.15, 0.2) is 0 Å². The second kappa shape index (κ2) is 5.03. The quantitative estimate of drug-likeness (QED) is 0.852. The van der Waals surface area contributed by atoms with Crippen LogP contribution in [0.5, 0.6) is 5.88 Å². The van der Waals surface area contributed by atoms with Gasteiger partial charge >= 0.3 is 6.09 Å². The molecule has 1 aromatic heterocycles. The van der Waals surface area contributed by atoms with Crippen LogP contribution < -0.4 is 4.74 Å². The summed E-state index contributed by atoms with van der Waals surface area (Å²) in [5.74, 6) is 0.624. The maximum atomic E-state index is 10.7. The summed E-state index contributed by atoms with van der Waals surface area (Å²) in [6.45, 7) is 2.98. The second-order valence-corrected chi connectivity index (χ2v) is 4.20. The van der Waals surface area contributed by atoms with Crippen LogP contribution in [0.2, 0.25) is 0 Å². The van der Waals surface area contributed by atoms with Crippen molar-refractivity contribution in [2.75, 3.05) is 13.1 Å². The van der Waals surface area contributed by atoms with Crippen molar-refractivity contribution in [1.82, 2.24) is 9.88 Å². The van der Waals surface area contributed by atoms with Crippen LogP contribution in [0.15, 0.2) is 18.2 Å². The number of pyridine rings is 1. The molecule has 2 heterocycles. The largest absolute Gasteiger partial charge is 0.474 e. The first-order valence-electron chi connectivity index (χ1n) is 5.73. The number of amides is 1. The molecule has 17 heavy (non-hydrogen) atoms. The molecule has 5 heteroatoms. The predicted octanol–water partition coefficient (Wildman–Crippen LogP) is 1.91. The molecular formula is C12H16N2O3. The first kappa shape index (κ1) is 11.7. The molecule has 2 rings (SSSR count). The first-order valence-corrected chi connectivity index (χ1v) is 5.73. The fraction of sp³-hybridized carbons (Fsp3) is 0.500. The Hall–Kier alpha value is -1.78. The van der Waals surface area contributed by atoms with Crippen LogP contribution in [0.3, 0.4) is 0 Å². The monoisotopic (exact) mass is 236 g/mol. The lowest BCUT2D eigenvalue weighted by Gasteiger charge is -2.29. The summed E-state index contributed by atoms with van der Waals surface area (Å²) in [4.78, 5) is 16.4. The zero-order chi connectivity index (χ0) is 12.3. The average molecular weight is 236 g/mol. The van der Waals surface area contributed by atoms with Gasteiger partial charge < -0.3 is 14.7 Å². The van der Waals surface area contributed by atoms with Gasteiger partial charge in [0.1, 0.15) is 6.10 Å². The molecule has 5 nitrogen and oxygen atoms in total. The van der Waals surface area contributed by atoms with Crippen LogP contribution in [0.1, 0.15) is 18.5 Å². The van der Waals surface area contributed by atoms with Crippen LogP contribution in [-0.2, 0) is 0 Å². The standard InChI is InChI=1S/C12H16N2O3/c1-9-3-2-4-11(13-9)17-10-5-7-14(8-6-10)12(15)16/h2-4,10H,5-8H2,1H3,(H,15,16). The molecule has 1 aliphatic heterocycles. The van der Waals surface area contributed by atoms with E-state index in [0.29, 0.717) is 19.0 Å². The van der Waals surface area contributed by atoms with Gasteiger partial charge in [0, 0.05) is 37.7 Å². The van der Waals surface area contributed by atoms with Crippen molar-refractivity contribution in [2.24, 2.45) is 0 Å². The average Bonchev–Trinajstić information content (AvgIpc) is 2.29. The third-order valence-electron chi connectivity index (χ3n) is 2.86. The number of aromatic nitrogens is 1. The summed E-state index contributed by atoms with van der Waals surface area (Å²) in [5.41, 5.74) is 0.922. The Morgan fingerprint density at radius 2 is 2.18 bits per heavy atom. The molecular weight excluding hydrogens is 220 g/mol. The summed E-state index contributed by atoms with van der Waals surface area (Å²) in [7, 11) is 0. The number of carbonyl (C=O) groups is 1. The topological polar surface area (TPSA) is 62.7 Å². The highest BCUT2D eigenvalue weighted by Gasteiger charge is 2.23. The molecule has 0 aliphatic carbocycles. The van der Waals surface area contributed by atoms with Crippen LogP contribution in [-0.4, -0.2) is 40.3 Å². The maximum absolute atomic E-state index is 10.7. The van der Waals surface area contributed by atoms with E-state index in [9.17, 15) is 4.79 Å². The highest BCUT2D eigenvalue weighted by atomic mass is 16.5. The molecule has 1 aromatic rings. The van der Waals surface area contributed by atoms with Crippen LogP contribution in [0, 0.1) is 6.92 Å². The lowest BCUT2D eigenvalue weighted by atomic mass is 10.1. The van der Waals surface area contributed by atoms with Crippen LogP contribution in [0.4, 0.5) is 4.79 Å². The molecule has 0 unspecified atom stereocenters. The van der Waals surface area contributed by atoms with Crippen LogP contribution >= 0.6 is 0 Å². The van der Waals surface area contributed by atoms with E-state index >= 15 is 0 Å². The molecule has 92 valence electrons. The Kier molecular flexibility index (Phi) is 3.46. The third-order valence-corrected chi connectivity index (χ3v) is 2.86. The summed E-state index contributed by atoms with van der Waals surface area (Å²) in [6.07, 6.45) is 0.668. The maximum Gasteiger partial charge on any atom is 0.407 e. The Bertz CT molecular complexity index is 400. The molecule has 0 spiro atoms. The van der Waals surface area contributed by atoms with E-state index < -0.39 is 6.09 Å². The first-order chi connectivity index (χ1) is 8.15. The summed E-state index contributed by atoms with van der Waals surface area (Å²) >= 11 is 0. The number of hydrogen-bond acceptors (Lipinski definition) is 3. The van der Waals surface area contributed by atoms with Crippen molar-refractivity contribution in [3.05, 3.63) is 23.9 Å². The minimum Gasteiger partial charge on any atom is -0.474 e. The second-order valence-electron chi connectivity index (χ2n) is 4.20. The normalized spacial score (nSPS) is 16.9. The van der Waals surface area contributed by atoms with Gasteiger partial charge in [-0.05, 0) is 13.0 Å². The molecule has 1 aliphatic rings. The van der Waals surface area contributed by atoms with Crippen molar-refractivity contribution in [1.29, 1.82) is 0 Å². The van der Waals surface area contributed by atoms with Gasteiger partial charge in [-0.25, -0.2) is 9.78 Å². The van der Waals surface area contributed by atoms with Crippen molar-refractivity contribution < 1.29 is 14.6 Å². The zero-order valence-electron chi connectivity index (χ0n) is 9.80. The van der Waals surface area contributed by atoms with E-state index in [1.165, 1.54) is 4.90 Å². The molecule has 1 N–H and O–H groups in total. The molecule has 1 fully saturated rings. The van der Waals surface area contributed by atoms with E-state index in [2.05, 4.69) is 4.98 Å². The lowest BCUT2D eigenvalue weighted by molar-refractivity contribution is 0.0870. The van der Waals surface area contributed by atoms with Gasteiger partial charge in [0.05, 0.1) is 0 Å². The molecule has 0 atom stereocenters. The Morgan fingerprint density at radius 1 is 1.47 bits per heavy atom. The zero-order valence-corrected chi connectivity index (χ0v) is 9.80. The van der Waals surface area contributed by atoms with E-state index in [4.69, 9.17) is 9.84 Å². The molecule has 1 saturated heterocycles. The number of likely N-dealkylation sites (tertiary alicyclic amines) is 1. The van der Waals surface area contributed by atoms with Crippen molar-refractivity contribution in [3.63, 3.8) is 0 Å². The lowest BCUT2D eigenvalue weighted by Crippen LogP contribution is -2.41. The summed E-state index contributed by atoms with van der Waals surface area (Å²) in [5, 5.41) is 8.82. The van der Waals surface area contributed by atoms with Gasteiger partial charge in [-0.3, -0.25) is 0 Å². The number of hydrogen-bond donors (Lipinski definition) is 1. The van der Waals surface area contributed by atoms with E-state index in [1.54, 1.807) is 0 Å². The molecule has 0 radical (unpaired) electrons. The fourth-order valence-electron chi connectivity index (χ4n) is 1.92. The number of nitrogens with zero attached hydrogens (tertiary/aromatic N) is 2. The smallest absolute Gasteiger partial charge is 0.407 e. The highest BCUT2D eigenvalue weighted by Crippen LogP contribution is 2.17. The van der Waals surface area contributed by atoms with Crippen LogP contribution in [0.25, 0.3) is 0 Å². The fourth-order valence-corrected chi connectivity index (χ4v) is 1.92.